The maximum atomic E-state index is 4.16. The molecule has 0 spiro atoms. The quantitative estimate of drug-likeness (QED) is 0.754. The van der Waals surface area contributed by atoms with Gasteiger partial charge in [0.05, 0.1) is 5.69 Å². The minimum Gasteiger partial charge on any atom is -0.308 e. The van der Waals surface area contributed by atoms with Crippen LogP contribution in [0.2, 0.25) is 0 Å². The van der Waals surface area contributed by atoms with Crippen LogP contribution in [0, 0.1) is 5.92 Å². The molecular formula is C10H15N3. The summed E-state index contributed by atoms with van der Waals surface area (Å²) in [5.41, 5.74) is 1.08. The molecular weight excluding hydrogens is 162 g/mol. The van der Waals surface area contributed by atoms with E-state index < -0.39 is 0 Å². The molecule has 3 nitrogen and oxygen atoms in total. The Morgan fingerprint density at radius 1 is 1.62 bits per heavy atom. The fourth-order valence-electron chi connectivity index (χ4n) is 1.61. The summed E-state index contributed by atoms with van der Waals surface area (Å²) < 4.78 is 0. The molecule has 0 amide bonds. The van der Waals surface area contributed by atoms with Gasteiger partial charge in [-0.05, 0) is 18.4 Å². The van der Waals surface area contributed by atoms with E-state index in [1.54, 1.807) is 12.5 Å². The van der Waals surface area contributed by atoms with Crippen molar-refractivity contribution >= 4 is 0 Å². The first-order chi connectivity index (χ1) is 6.40. The van der Waals surface area contributed by atoms with Crippen LogP contribution in [0.4, 0.5) is 0 Å². The lowest BCUT2D eigenvalue weighted by atomic mass is 10.3. The summed E-state index contributed by atoms with van der Waals surface area (Å²) >= 11 is 0. The summed E-state index contributed by atoms with van der Waals surface area (Å²) in [7, 11) is 0. The fraction of sp³-hybridized carbons (Fsp3) is 0.600. The smallest absolute Gasteiger partial charge is 0.115 e. The normalized spacial score (nSPS) is 25.9. The molecule has 13 heavy (non-hydrogen) atoms. The van der Waals surface area contributed by atoms with E-state index in [0.29, 0.717) is 0 Å². The van der Waals surface area contributed by atoms with Crippen LogP contribution in [-0.4, -0.2) is 16.0 Å². The van der Waals surface area contributed by atoms with E-state index in [1.165, 1.54) is 12.8 Å². The van der Waals surface area contributed by atoms with Crippen LogP contribution in [0.5, 0.6) is 0 Å². The van der Waals surface area contributed by atoms with E-state index in [2.05, 4.69) is 22.2 Å². The van der Waals surface area contributed by atoms with Gasteiger partial charge in [0.25, 0.3) is 0 Å². The Hall–Kier alpha value is -0.960. The van der Waals surface area contributed by atoms with E-state index >= 15 is 0 Å². The molecule has 0 saturated heterocycles. The predicted octanol–water partition coefficient (Wildman–Crippen LogP) is 1.36. The molecule has 1 saturated carbocycles. The maximum Gasteiger partial charge on any atom is 0.115 e. The van der Waals surface area contributed by atoms with Crippen molar-refractivity contribution in [1.82, 2.24) is 15.3 Å². The van der Waals surface area contributed by atoms with Crippen LogP contribution < -0.4 is 5.32 Å². The summed E-state index contributed by atoms with van der Waals surface area (Å²) in [6.45, 7) is 3.13. The van der Waals surface area contributed by atoms with Gasteiger partial charge in [0, 0.05) is 18.8 Å². The molecule has 1 aromatic rings. The third kappa shape index (κ3) is 2.25. The Labute approximate surface area is 78.6 Å². The van der Waals surface area contributed by atoms with Crippen molar-refractivity contribution in [3.8, 4) is 0 Å². The summed E-state index contributed by atoms with van der Waals surface area (Å²) in [6, 6.07) is 2.69. The van der Waals surface area contributed by atoms with E-state index in [4.69, 9.17) is 0 Å². The van der Waals surface area contributed by atoms with Gasteiger partial charge in [-0.25, -0.2) is 9.97 Å². The summed E-state index contributed by atoms with van der Waals surface area (Å²) in [5.74, 6) is 0.904. The van der Waals surface area contributed by atoms with Crippen molar-refractivity contribution < 1.29 is 0 Å². The average Bonchev–Trinajstić information content (AvgIpc) is 2.95. The Bertz CT molecular complexity index is 260. The Balaban J connectivity index is 1.75. The second kappa shape index (κ2) is 3.83. The van der Waals surface area contributed by atoms with Crippen molar-refractivity contribution in [1.29, 1.82) is 0 Å². The molecule has 70 valence electrons. The molecule has 1 aromatic heterocycles. The van der Waals surface area contributed by atoms with E-state index in [9.17, 15) is 0 Å². The summed E-state index contributed by atoms with van der Waals surface area (Å²) in [5, 5.41) is 3.48. The third-order valence-electron chi connectivity index (χ3n) is 2.64. The zero-order chi connectivity index (χ0) is 9.10. The third-order valence-corrected chi connectivity index (χ3v) is 2.64. The lowest BCUT2D eigenvalue weighted by Gasteiger charge is -2.01. The SMILES string of the molecule is CCC1CC1NCc1ccncn1. The zero-order valence-corrected chi connectivity index (χ0v) is 7.90. The fourth-order valence-corrected chi connectivity index (χ4v) is 1.61. The number of hydrogen-bond donors (Lipinski definition) is 1. The number of nitrogens with one attached hydrogen (secondary N) is 1. The monoisotopic (exact) mass is 177 g/mol. The highest BCUT2D eigenvalue weighted by molar-refractivity contribution is 5.00. The first-order valence-corrected chi connectivity index (χ1v) is 4.88. The second-order valence-electron chi connectivity index (χ2n) is 3.59. The minimum atomic E-state index is 0.736. The molecule has 0 aliphatic heterocycles. The molecule has 0 bridgehead atoms. The van der Waals surface area contributed by atoms with Gasteiger partial charge in [-0.15, -0.1) is 0 Å². The highest BCUT2D eigenvalue weighted by atomic mass is 15.0. The van der Waals surface area contributed by atoms with Gasteiger partial charge in [-0.2, -0.15) is 0 Å². The molecule has 0 radical (unpaired) electrons. The Morgan fingerprint density at radius 2 is 2.54 bits per heavy atom. The molecule has 0 aromatic carbocycles. The average molecular weight is 177 g/mol. The summed E-state index contributed by atoms with van der Waals surface area (Å²) in [4.78, 5) is 8.04. The van der Waals surface area contributed by atoms with Crippen LogP contribution in [0.3, 0.4) is 0 Å². The maximum absolute atomic E-state index is 4.16. The van der Waals surface area contributed by atoms with Gasteiger partial charge in [0.1, 0.15) is 6.33 Å². The Kier molecular flexibility index (Phi) is 2.54. The van der Waals surface area contributed by atoms with Crippen molar-refractivity contribution in [2.45, 2.75) is 32.4 Å². The summed E-state index contributed by atoms with van der Waals surface area (Å²) in [6.07, 6.45) is 6.01. The standard InChI is InChI=1S/C10H15N3/c1-2-8-5-10(8)12-6-9-3-4-11-7-13-9/h3-4,7-8,10,12H,2,5-6H2,1H3. The molecule has 1 N–H and O–H groups in total. The van der Waals surface area contributed by atoms with Crippen molar-refractivity contribution in [3.63, 3.8) is 0 Å². The van der Waals surface area contributed by atoms with Crippen LogP contribution in [-0.2, 0) is 6.54 Å². The topological polar surface area (TPSA) is 37.8 Å². The van der Waals surface area contributed by atoms with E-state index in [-0.39, 0.29) is 0 Å². The van der Waals surface area contributed by atoms with E-state index in [1.807, 2.05) is 6.07 Å². The number of aromatic nitrogens is 2. The lowest BCUT2D eigenvalue weighted by molar-refractivity contribution is 0.615. The molecule has 1 aliphatic carbocycles. The number of nitrogens with zero attached hydrogens (tertiary/aromatic N) is 2. The molecule has 1 aliphatic rings. The van der Waals surface area contributed by atoms with Gasteiger partial charge < -0.3 is 5.32 Å². The first kappa shape index (κ1) is 8.63. The zero-order valence-electron chi connectivity index (χ0n) is 7.90. The Morgan fingerprint density at radius 3 is 3.15 bits per heavy atom. The van der Waals surface area contributed by atoms with Gasteiger partial charge >= 0.3 is 0 Å². The molecule has 2 atom stereocenters. The molecule has 1 fully saturated rings. The highest BCUT2D eigenvalue weighted by Gasteiger charge is 2.34. The molecule has 3 heteroatoms. The van der Waals surface area contributed by atoms with Crippen molar-refractivity contribution in [2.24, 2.45) is 5.92 Å². The van der Waals surface area contributed by atoms with Gasteiger partial charge in [0.2, 0.25) is 0 Å². The van der Waals surface area contributed by atoms with Crippen LogP contribution in [0.15, 0.2) is 18.6 Å². The van der Waals surface area contributed by atoms with Gasteiger partial charge in [0.15, 0.2) is 0 Å². The second-order valence-corrected chi connectivity index (χ2v) is 3.59. The van der Waals surface area contributed by atoms with Crippen LogP contribution in [0.25, 0.3) is 0 Å². The van der Waals surface area contributed by atoms with Crippen LogP contribution >= 0.6 is 0 Å². The van der Waals surface area contributed by atoms with Crippen molar-refractivity contribution in [3.05, 3.63) is 24.3 Å². The first-order valence-electron chi connectivity index (χ1n) is 4.88. The van der Waals surface area contributed by atoms with Crippen LogP contribution in [0.1, 0.15) is 25.5 Å². The van der Waals surface area contributed by atoms with Crippen molar-refractivity contribution in [2.75, 3.05) is 0 Å². The number of rotatable bonds is 4. The minimum absolute atomic E-state index is 0.736. The largest absolute Gasteiger partial charge is 0.308 e. The molecule has 2 rings (SSSR count). The van der Waals surface area contributed by atoms with Gasteiger partial charge in [-0.3, -0.25) is 0 Å². The highest BCUT2D eigenvalue weighted by Crippen LogP contribution is 2.33. The number of hydrogen-bond acceptors (Lipinski definition) is 3. The van der Waals surface area contributed by atoms with Gasteiger partial charge in [-0.1, -0.05) is 13.3 Å². The predicted molar refractivity (Wildman–Crippen MR) is 51.1 cm³/mol. The lowest BCUT2D eigenvalue weighted by Crippen LogP contribution is -2.18. The molecule has 2 unspecified atom stereocenters. The van der Waals surface area contributed by atoms with E-state index in [0.717, 1.165) is 24.2 Å². The molecule has 1 heterocycles.